The molecule has 0 aromatic carbocycles. The highest BCUT2D eigenvalue weighted by atomic mass is 32.1. The van der Waals surface area contributed by atoms with Crippen molar-refractivity contribution in [1.82, 2.24) is 20.3 Å². The monoisotopic (exact) mass is 364 g/mol. The van der Waals surface area contributed by atoms with Crippen LogP contribution in [0.4, 0.5) is 0 Å². The number of carbonyl (C=O) groups is 2. The van der Waals surface area contributed by atoms with E-state index in [4.69, 9.17) is 5.11 Å². The predicted molar refractivity (Wildman–Crippen MR) is 94.3 cm³/mol. The minimum atomic E-state index is -0.944. The molecule has 134 valence electrons. The van der Waals surface area contributed by atoms with Gasteiger partial charge in [0.25, 0.3) is 5.91 Å². The van der Waals surface area contributed by atoms with Crippen molar-refractivity contribution in [2.45, 2.75) is 19.4 Å². The Morgan fingerprint density at radius 1 is 1.32 bits per heavy atom. The number of aliphatic carboxylic acids is 1. The molecule has 0 aliphatic carbocycles. The third kappa shape index (κ3) is 5.57. The number of carboxylic acids is 1. The molecule has 25 heavy (non-hydrogen) atoms. The molecule has 2 rings (SSSR count). The summed E-state index contributed by atoms with van der Waals surface area (Å²) in [4.78, 5) is 36.7. The van der Waals surface area contributed by atoms with Crippen molar-refractivity contribution in [2.24, 2.45) is 0 Å². The Morgan fingerprint density at radius 2 is 2.04 bits per heavy atom. The van der Waals surface area contributed by atoms with Crippen molar-refractivity contribution in [1.29, 1.82) is 0 Å². The summed E-state index contributed by atoms with van der Waals surface area (Å²) >= 11 is 1.22. The minimum Gasteiger partial charge on any atom is -0.481 e. The van der Waals surface area contributed by atoms with Crippen LogP contribution in [0.15, 0.2) is 18.6 Å². The number of hydrogen-bond donors (Lipinski definition) is 2. The standard InChI is InChI=1S/C16H21N5O3S/c1-10-14(25-16(19-10)12-8-17-5-6-18-12)15(24)20-11(7-13(22)23)9-21(2,3)4/h5-6,8,11H,7,9H2,1-4H3,(H-,20,22,23,24)/p+1/t11-/m1/s1. The zero-order chi connectivity index (χ0) is 18.6. The lowest BCUT2D eigenvalue weighted by atomic mass is 10.1. The first-order chi connectivity index (χ1) is 11.7. The summed E-state index contributed by atoms with van der Waals surface area (Å²) in [5, 5.41) is 12.5. The summed E-state index contributed by atoms with van der Waals surface area (Å²) < 4.78 is 0.546. The van der Waals surface area contributed by atoms with Gasteiger partial charge >= 0.3 is 5.97 Å². The number of carboxylic acid groups (broad SMARTS) is 1. The van der Waals surface area contributed by atoms with E-state index in [9.17, 15) is 9.59 Å². The molecule has 2 heterocycles. The summed E-state index contributed by atoms with van der Waals surface area (Å²) in [5.74, 6) is -1.26. The molecule has 0 spiro atoms. The highest BCUT2D eigenvalue weighted by Gasteiger charge is 2.25. The number of quaternary nitrogens is 1. The Balaban J connectivity index is 2.18. The van der Waals surface area contributed by atoms with Crippen LogP contribution in [0.5, 0.6) is 0 Å². The van der Waals surface area contributed by atoms with Gasteiger partial charge in [-0.2, -0.15) is 0 Å². The third-order valence-corrected chi connectivity index (χ3v) is 4.49. The maximum Gasteiger partial charge on any atom is 0.305 e. The average molecular weight is 364 g/mol. The molecule has 1 atom stereocenters. The molecule has 0 saturated heterocycles. The van der Waals surface area contributed by atoms with Gasteiger partial charge in [0.2, 0.25) is 0 Å². The second kappa shape index (κ2) is 7.66. The number of aromatic nitrogens is 3. The van der Waals surface area contributed by atoms with Crippen molar-refractivity contribution in [3.63, 3.8) is 0 Å². The van der Waals surface area contributed by atoms with Gasteiger partial charge in [-0.3, -0.25) is 19.6 Å². The van der Waals surface area contributed by atoms with Crippen molar-refractivity contribution < 1.29 is 19.2 Å². The van der Waals surface area contributed by atoms with Gasteiger partial charge in [0.1, 0.15) is 15.6 Å². The topological polar surface area (TPSA) is 105 Å². The fraction of sp³-hybridized carbons (Fsp3) is 0.438. The third-order valence-electron chi connectivity index (χ3n) is 3.31. The van der Waals surface area contributed by atoms with Gasteiger partial charge in [0.05, 0.1) is 52.0 Å². The Labute approximate surface area is 150 Å². The quantitative estimate of drug-likeness (QED) is 0.715. The molecule has 0 saturated carbocycles. The van der Waals surface area contributed by atoms with Crippen LogP contribution in [0.3, 0.4) is 0 Å². The van der Waals surface area contributed by atoms with E-state index < -0.39 is 12.0 Å². The van der Waals surface area contributed by atoms with Gasteiger partial charge in [-0.15, -0.1) is 11.3 Å². The van der Waals surface area contributed by atoms with E-state index in [1.165, 1.54) is 11.3 Å². The van der Waals surface area contributed by atoms with E-state index in [1.54, 1.807) is 25.5 Å². The normalized spacial score (nSPS) is 12.6. The van der Waals surface area contributed by atoms with Crippen molar-refractivity contribution >= 4 is 23.2 Å². The smallest absolute Gasteiger partial charge is 0.305 e. The first-order valence-electron chi connectivity index (χ1n) is 7.72. The Kier molecular flexibility index (Phi) is 5.81. The fourth-order valence-electron chi connectivity index (χ4n) is 2.41. The van der Waals surface area contributed by atoms with E-state index in [1.807, 2.05) is 21.1 Å². The van der Waals surface area contributed by atoms with Crippen molar-refractivity contribution in [3.8, 4) is 10.7 Å². The average Bonchev–Trinajstić information content (AvgIpc) is 2.87. The van der Waals surface area contributed by atoms with Crippen LogP contribution in [-0.2, 0) is 4.79 Å². The molecule has 9 heteroatoms. The van der Waals surface area contributed by atoms with Gasteiger partial charge in [0, 0.05) is 12.4 Å². The van der Waals surface area contributed by atoms with Crippen LogP contribution < -0.4 is 5.32 Å². The molecular weight excluding hydrogens is 342 g/mol. The molecule has 8 nitrogen and oxygen atoms in total. The first-order valence-corrected chi connectivity index (χ1v) is 8.54. The number of aryl methyl sites for hydroxylation is 1. The van der Waals surface area contributed by atoms with Crippen molar-refractivity contribution in [2.75, 3.05) is 27.7 Å². The number of hydrogen-bond acceptors (Lipinski definition) is 6. The van der Waals surface area contributed by atoms with Crippen LogP contribution in [0.25, 0.3) is 10.7 Å². The Morgan fingerprint density at radius 3 is 2.60 bits per heavy atom. The van der Waals surface area contributed by atoms with Gasteiger partial charge in [-0.1, -0.05) is 0 Å². The molecule has 0 radical (unpaired) electrons. The molecule has 2 aromatic rings. The van der Waals surface area contributed by atoms with Gasteiger partial charge in [-0.05, 0) is 6.92 Å². The van der Waals surface area contributed by atoms with Crippen LogP contribution in [0.1, 0.15) is 21.8 Å². The largest absolute Gasteiger partial charge is 0.481 e. The summed E-state index contributed by atoms with van der Waals surface area (Å²) in [6, 6.07) is -0.466. The van der Waals surface area contributed by atoms with Gasteiger partial charge in [-0.25, -0.2) is 4.98 Å². The maximum atomic E-state index is 12.6. The molecule has 1 amide bonds. The zero-order valence-corrected chi connectivity index (χ0v) is 15.5. The number of nitrogens with zero attached hydrogens (tertiary/aromatic N) is 4. The molecular formula is C16H22N5O3S+. The van der Waals surface area contributed by atoms with E-state index in [-0.39, 0.29) is 12.3 Å². The van der Waals surface area contributed by atoms with E-state index in [2.05, 4.69) is 20.3 Å². The number of carbonyl (C=O) groups excluding carboxylic acids is 1. The number of thiazole rings is 1. The predicted octanol–water partition coefficient (Wildman–Crippen LogP) is 1.19. The van der Waals surface area contributed by atoms with Crippen LogP contribution in [0.2, 0.25) is 0 Å². The molecule has 0 fully saturated rings. The first kappa shape index (κ1) is 18.9. The molecule has 2 N–H and O–H groups in total. The van der Waals surface area contributed by atoms with Crippen LogP contribution in [0, 0.1) is 6.92 Å². The second-order valence-corrected chi connectivity index (χ2v) is 7.76. The summed E-state index contributed by atoms with van der Waals surface area (Å²) in [5.41, 5.74) is 1.19. The summed E-state index contributed by atoms with van der Waals surface area (Å²) in [6.45, 7) is 2.25. The van der Waals surface area contributed by atoms with Gasteiger partial charge < -0.3 is 14.9 Å². The lowest BCUT2D eigenvalue weighted by Crippen LogP contribution is -2.49. The zero-order valence-electron chi connectivity index (χ0n) is 14.7. The molecule has 0 bridgehead atoms. The number of amides is 1. The summed E-state index contributed by atoms with van der Waals surface area (Å²) in [7, 11) is 5.85. The molecule has 0 aliphatic rings. The fourth-order valence-corrected chi connectivity index (χ4v) is 3.34. The lowest BCUT2D eigenvalue weighted by molar-refractivity contribution is -0.871. The molecule has 0 unspecified atom stereocenters. The maximum absolute atomic E-state index is 12.6. The molecule has 2 aromatic heterocycles. The SMILES string of the molecule is Cc1nc(-c2cnccn2)sc1C(=O)N[C@H](CC(=O)O)C[N+](C)(C)C. The molecule has 0 aliphatic heterocycles. The second-order valence-electron chi connectivity index (χ2n) is 6.77. The van der Waals surface area contributed by atoms with Crippen LogP contribution in [-0.4, -0.2) is 70.1 Å². The van der Waals surface area contributed by atoms with E-state index >= 15 is 0 Å². The summed E-state index contributed by atoms with van der Waals surface area (Å²) in [6.07, 6.45) is 4.59. The van der Waals surface area contributed by atoms with E-state index in [0.717, 1.165) is 0 Å². The van der Waals surface area contributed by atoms with E-state index in [0.29, 0.717) is 32.3 Å². The Hall–Kier alpha value is -2.39. The van der Waals surface area contributed by atoms with Crippen LogP contribution >= 0.6 is 11.3 Å². The highest BCUT2D eigenvalue weighted by Crippen LogP contribution is 2.26. The number of nitrogens with one attached hydrogen (secondary N) is 1. The Bertz CT molecular complexity index is 755. The minimum absolute atomic E-state index is 0.129. The van der Waals surface area contributed by atoms with Gasteiger partial charge in [0.15, 0.2) is 0 Å². The number of likely N-dealkylation sites (N-methyl/N-ethyl adjacent to an activating group) is 1. The van der Waals surface area contributed by atoms with Crippen molar-refractivity contribution in [3.05, 3.63) is 29.2 Å². The number of rotatable bonds is 7. The lowest BCUT2D eigenvalue weighted by Gasteiger charge is -2.29. The highest BCUT2D eigenvalue weighted by molar-refractivity contribution is 7.17.